The first-order valence-electron chi connectivity index (χ1n) is 18.7. The van der Waals surface area contributed by atoms with Crippen molar-refractivity contribution in [3.05, 3.63) is 29.0 Å². The number of Topliss-reactive ketones (excluding diaryl/α,β-unsaturated/α-hetero) is 1. The fraction of sp³-hybridized carbons (Fsp3) is 0.703. The number of urea groups is 1. The molecule has 2 saturated heterocycles. The molecule has 3 aliphatic heterocycles. The van der Waals surface area contributed by atoms with Crippen molar-refractivity contribution < 1.29 is 32.4 Å². The molecule has 1 aromatic rings. The highest BCUT2D eigenvalue weighted by molar-refractivity contribution is 7.89. The van der Waals surface area contributed by atoms with Crippen LogP contribution in [0.3, 0.4) is 0 Å². The first kappa shape index (κ1) is 39.9. The molecule has 3 fully saturated rings. The summed E-state index contributed by atoms with van der Waals surface area (Å²) in [6.45, 7) is 14.3. The lowest BCUT2D eigenvalue weighted by Crippen LogP contribution is -2.60. The molecule has 0 aromatic carbocycles. The maximum absolute atomic E-state index is 14.4. The van der Waals surface area contributed by atoms with Gasteiger partial charge in [-0.25, -0.2) is 13.2 Å². The van der Waals surface area contributed by atoms with Gasteiger partial charge in [0.1, 0.15) is 12.1 Å². The van der Waals surface area contributed by atoms with Crippen LogP contribution in [0.5, 0.6) is 0 Å². The van der Waals surface area contributed by atoms with Crippen molar-refractivity contribution in [2.24, 2.45) is 22.7 Å². The minimum atomic E-state index is -3.68. The van der Waals surface area contributed by atoms with E-state index in [0.717, 1.165) is 37.0 Å². The molecular weight excluding hydrogens is 705 g/mol. The average Bonchev–Trinajstić information content (AvgIpc) is 3.53. The summed E-state index contributed by atoms with van der Waals surface area (Å²) in [5.74, 6) is -2.40. The number of hydrogen-bond acceptors (Lipinski definition) is 8. The number of sulfonamides is 1. The van der Waals surface area contributed by atoms with E-state index in [2.05, 4.69) is 41.7 Å². The van der Waals surface area contributed by atoms with Crippen molar-refractivity contribution in [2.75, 3.05) is 19.6 Å². The molecule has 0 bridgehead atoms. The first-order valence-corrected chi connectivity index (χ1v) is 21.0. The highest BCUT2D eigenvalue weighted by Gasteiger charge is 2.69. The number of nitrogens with zero attached hydrogens (tertiary/aromatic N) is 2. The predicted octanol–water partition coefficient (Wildman–Crippen LogP) is 3.70. The fourth-order valence-corrected chi connectivity index (χ4v) is 11.0. The molecule has 0 radical (unpaired) electrons. The van der Waals surface area contributed by atoms with Gasteiger partial charge in [-0.2, -0.15) is 4.31 Å². The summed E-state index contributed by atoms with van der Waals surface area (Å²) in [5.41, 5.74) is -0.713. The molecule has 1 saturated carbocycles. The fourth-order valence-electron chi connectivity index (χ4n) is 8.11. The summed E-state index contributed by atoms with van der Waals surface area (Å²) in [4.78, 5) is 70.9. The van der Waals surface area contributed by atoms with Crippen LogP contribution in [0.25, 0.3) is 0 Å². The zero-order valence-corrected chi connectivity index (χ0v) is 32.8. The highest BCUT2D eigenvalue weighted by Crippen LogP contribution is 2.65. The van der Waals surface area contributed by atoms with E-state index in [1.165, 1.54) is 21.7 Å². The molecule has 4 N–H and O–H groups in total. The third kappa shape index (κ3) is 8.57. The van der Waals surface area contributed by atoms with E-state index in [1.807, 2.05) is 20.8 Å². The standard InChI is InChI=1S/C37H56N6O7S2/c1-7-18-38-33(46)31(44)24-15-13-11-9-8-10-12-14-16-25(34(47)43-20-23-29(37(23,5)6)30(43)32(45)39-24)40-35(48)41-28(36(2,3)4)22-42-21-26-27(17-19-51-26)52(42,49)50/h7,17,19,23-25,28-30H,1,8-16,18,20-22H2,2-6H3,(H,38,46)(H,39,45)(H2,40,41,48)/t23-,24+,25+,28+,29-,30-/m0/s1. The lowest BCUT2D eigenvalue weighted by Gasteiger charge is -2.36. The van der Waals surface area contributed by atoms with E-state index in [4.69, 9.17) is 0 Å². The third-order valence-corrected chi connectivity index (χ3v) is 14.4. The van der Waals surface area contributed by atoms with Crippen molar-refractivity contribution in [1.82, 2.24) is 30.5 Å². The van der Waals surface area contributed by atoms with Crippen molar-refractivity contribution >= 4 is 50.9 Å². The van der Waals surface area contributed by atoms with E-state index in [9.17, 15) is 32.4 Å². The van der Waals surface area contributed by atoms with Gasteiger partial charge < -0.3 is 26.2 Å². The van der Waals surface area contributed by atoms with Gasteiger partial charge in [0.2, 0.25) is 27.6 Å². The van der Waals surface area contributed by atoms with Crippen molar-refractivity contribution in [3.8, 4) is 0 Å². The van der Waals surface area contributed by atoms with Crippen LogP contribution in [0.4, 0.5) is 4.79 Å². The monoisotopic (exact) mass is 760 g/mol. The van der Waals surface area contributed by atoms with Crippen LogP contribution in [0, 0.1) is 22.7 Å². The number of thiophene rings is 1. The van der Waals surface area contributed by atoms with Crippen LogP contribution in [-0.2, 0) is 35.7 Å². The Bertz CT molecular complexity index is 1650. The van der Waals surface area contributed by atoms with Gasteiger partial charge in [0.05, 0.1) is 10.9 Å². The van der Waals surface area contributed by atoms with Crippen molar-refractivity contribution in [3.63, 3.8) is 0 Å². The normalized spacial score (nSPS) is 28.4. The number of piperidine rings is 1. The molecule has 6 atom stereocenters. The van der Waals surface area contributed by atoms with Gasteiger partial charge in [0.25, 0.3) is 5.91 Å². The lowest BCUT2D eigenvalue weighted by molar-refractivity contribution is -0.144. The van der Waals surface area contributed by atoms with Crippen LogP contribution in [0.1, 0.15) is 97.3 Å². The molecule has 15 heteroatoms. The third-order valence-electron chi connectivity index (χ3n) is 11.5. The van der Waals surface area contributed by atoms with Gasteiger partial charge >= 0.3 is 6.03 Å². The summed E-state index contributed by atoms with van der Waals surface area (Å²) in [7, 11) is -3.68. The maximum Gasteiger partial charge on any atom is 0.315 e. The Morgan fingerprint density at radius 1 is 1.08 bits per heavy atom. The number of hydrogen-bond donors (Lipinski definition) is 4. The largest absolute Gasteiger partial charge is 0.346 e. The first-order chi connectivity index (χ1) is 24.5. The van der Waals surface area contributed by atoms with E-state index in [1.54, 1.807) is 16.3 Å². The van der Waals surface area contributed by atoms with Gasteiger partial charge in [-0.3, -0.25) is 19.2 Å². The summed E-state index contributed by atoms with van der Waals surface area (Å²) in [5, 5.41) is 13.1. The molecule has 4 aliphatic rings. The summed E-state index contributed by atoms with van der Waals surface area (Å²) < 4.78 is 27.9. The Kier molecular flexibility index (Phi) is 12.3. The number of rotatable bonds is 8. The van der Waals surface area contributed by atoms with Crippen LogP contribution < -0.4 is 21.3 Å². The van der Waals surface area contributed by atoms with Gasteiger partial charge in [-0.1, -0.05) is 85.6 Å². The van der Waals surface area contributed by atoms with E-state index < -0.39 is 63.2 Å². The van der Waals surface area contributed by atoms with Gasteiger partial charge in [-0.15, -0.1) is 17.9 Å². The smallest absolute Gasteiger partial charge is 0.315 e. The molecular formula is C37H56N6O7S2. The Hall–Kier alpha value is -3.30. The van der Waals surface area contributed by atoms with E-state index >= 15 is 0 Å². The zero-order valence-electron chi connectivity index (χ0n) is 31.2. The molecule has 5 rings (SSSR count). The Balaban J connectivity index is 1.34. The topological polar surface area (TPSA) is 174 Å². The number of ketones is 1. The molecule has 52 heavy (non-hydrogen) atoms. The quantitative estimate of drug-likeness (QED) is 0.231. The molecule has 0 unspecified atom stereocenters. The summed E-state index contributed by atoms with van der Waals surface area (Å²) in [6.07, 6.45) is 8.10. The minimum Gasteiger partial charge on any atom is -0.346 e. The minimum absolute atomic E-state index is 0.0670. The Morgan fingerprint density at radius 2 is 1.73 bits per heavy atom. The van der Waals surface area contributed by atoms with Gasteiger partial charge in [0, 0.05) is 37.1 Å². The predicted molar refractivity (Wildman–Crippen MR) is 199 cm³/mol. The van der Waals surface area contributed by atoms with E-state index in [-0.39, 0.29) is 42.8 Å². The van der Waals surface area contributed by atoms with Gasteiger partial charge in [-0.05, 0) is 47.0 Å². The number of fused-ring (bicyclic) bond motifs is 4. The van der Waals surface area contributed by atoms with Crippen LogP contribution in [-0.4, -0.2) is 91.0 Å². The number of carbonyl (C=O) groups excluding carboxylic acids is 5. The maximum atomic E-state index is 14.4. The number of amides is 5. The number of carbonyl (C=O) groups is 5. The lowest BCUT2D eigenvalue weighted by atomic mass is 9.86. The Labute approximate surface area is 312 Å². The van der Waals surface area contributed by atoms with E-state index in [0.29, 0.717) is 37.1 Å². The van der Waals surface area contributed by atoms with Crippen molar-refractivity contribution in [2.45, 2.75) is 128 Å². The summed E-state index contributed by atoms with van der Waals surface area (Å²) >= 11 is 1.39. The highest BCUT2D eigenvalue weighted by atomic mass is 32.2. The molecule has 1 aliphatic carbocycles. The van der Waals surface area contributed by atoms with Gasteiger partial charge in [0.15, 0.2) is 0 Å². The number of nitrogens with one attached hydrogen (secondary N) is 4. The SMILES string of the molecule is C=CCNC(=O)C(=O)[C@H]1CCCCCCCCC[C@@H](NC(=O)N[C@H](CN2Cc3sccc3S2(=O)=O)C(C)(C)C)C(=O)N2C[C@H]3[C@@H]([C@H]2C(=O)N1)C3(C)C. The average molecular weight is 761 g/mol. The zero-order chi connectivity index (χ0) is 38.0. The molecule has 288 valence electrons. The molecule has 13 nitrogen and oxygen atoms in total. The molecule has 5 amide bonds. The van der Waals surface area contributed by atoms with Crippen LogP contribution in [0.2, 0.25) is 0 Å². The molecule has 0 spiro atoms. The van der Waals surface area contributed by atoms with Crippen LogP contribution in [0.15, 0.2) is 29.0 Å². The molecule has 4 heterocycles. The van der Waals surface area contributed by atoms with Crippen LogP contribution >= 0.6 is 11.3 Å². The second-order valence-electron chi connectivity index (χ2n) is 16.5. The second kappa shape index (κ2) is 16.0. The molecule has 1 aromatic heterocycles. The Morgan fingerprint density at radius 3 is 2.37 bits per heavy atom. The van der Waals surface area contributed by atoms with Crippen molar-refractivity contribution in [1.29, 1.82) is 0 Å². The summed E-state index contributed by atoms with van der Waals surface area (Å²) in [6, 6.07) is -2.35. The second-order valence-corrected chi connectivity index (χ2v) is 19.4.